The minimum atomic E-state index is -0.367. The smallest absolute Gasteiger partial charge is 0.257 e. The zero-order chi connectivity index (χ0) is 29.6. The molecule has 0 radical (unpaired) electrons. The van der Waals surface area contributed by atoms with Gasteiger partial charge in [0.1, 0.15) is 17.3 Å². The van der Waals surface area contributed by atoms with Gasteiger partial charge in [0.05, 0.1) is 12.0 Å². The fourth-order valence-corrected chi connectivity index (χ4v) is 4.67. The molecule has 5 rings (SSSR count). The summed E-state index contributed by atoms with van der Waals surface area (Å²) >= 11 is 0. The first-order valence-corrected chi connectivity index (χ1v) is 13.9. The van der Waals surface area contributed by atoms with Gasteiger partial charge in [-0.15, -0.1) is 0 Å². The Morgan fingerprint density at radius 2 is 1.93 bits per heavy atom. The number of hydrogen-bond acceptors (Lipinski definition) is 11. The molecule has 3 N–H and O–H groups in total. The number of furan rings is 1. The van der Waals surface area contributed by atoms with Crippen LogP contribution in [0.2, 0.25) is 0 Å². The molecular formula is C28H37FN10O3. The maximum atomic E-state index is 14.9. The molecule has 0 unspecified atom stereocenters. The average molecular weight is 581 g/mol. The van der Waals surface area contributed by atoms with Crippen molar-refractivity contribution in [2.75, 3.05) is 95.6 Å². The zero-order valence-electron chi connectivity index (χ0n) is 24.2. The summed E-state index contributed by atoms with van der Waals surface area (Å²) in [5, 5.41) is 7.21. The second-order valence-electron chi connectivity index (χ2n) is 10.5. The lowest BCUT2D eigenvalue weighted by molar-refractivity contribution is -0.123. The molecule has 1 aromatic carbocycles. The molecule has 1 amide bonds. The second kappa shape index (κ2) is 13.0. The number of piperazine rings is 1. The number of fused-ring (bicyclic) bond motifs is 1. The van der Waals surface area contributed by atoms with Gasteiger partial charge in [-0.1, -0.05) is 0 Å². The molecule has 1 fully saturated rings. The van der Waals surface area contributed by atoms with Gasteiger partial charge in [0.25, 0.3) is 5.91 Å². The molecule has 0 atom stereocenters. The van der Waals surface area contributed by atoms with Crippen molar-refractivity contribution >= 4 is 29.1 Å². The number of rotatable bonds is 12. The Labute approximate surface area is 243 Å². The molecule has 0 saturated carbocycles. The van der Waals surface area contributed by atoms with Crippen LogP contribution in [0.25, 0.3) is 17.1 Å². The molecule has 0 spiro atoms. The standard InChI is InChI=1S/C28H37FN10O3/c1-35(2)9-8-31-26(40)19-42-20-6-7-23(21(29)17-20)38-14-12-37(13-15-38)11-10-36(3)28-32-25-18-22(24-5-4-16-41-24)34-39(25)27(30)33-28/h4-7,16-18H,8-15,19H2,1-3H3,(H,31,40)(H2,30,32,33). The van der Waals surface area contributed by atoms with Crippen LogP contribution in [0.1, 0.15) is 0 Å². The largest absolute Gasteiger partial charge is 0.484 e. The Balaban J connectivity index is 1.09. The number of nitrogens with two attached hydrogens (primary N) is 1. The van der Waals surface area contributed by atoms with E-state index >= 15 is 0 Å². The van der Waals surface area contributed by atoms with Crippen molar-refractivity contribution < 1.29 is 18.3 Å². The minimum Gasteiger partial charge on any atom is -0.484 e. The molecule has 1 saturated heterocycles. The van der Waals surface area contributed by atoms with Gasteiger partial charge in [0.15, 0.2) is 18.0 Å². The maximum absolute atomic E-state index is 14.9. The first-order chi connectivity index (χ1) is 20.3. The van der Waals surface area contributed by atoms with Gasteiger partial charge in [-0.25, -0.2) is 4.39 Å². The number of amides is 1. The third-order valence-electron chi connectivity index (χ3n) is 7.09. The number of likely N-dealkylation sites (N-methyl/N-ethyl adjacent to an activating group) is 2. The molecule has 4 aromatic rings. The highest BCUT2D eigenvalue weighted by Gasteiger charge is 2.21. The van der Waals surface area contributed by atoms with Crippen LogP contribution < -0.4 is 25.6 Å². The van der Waals surface area contributed by atoms with E-state index in [-0.39, 0.29) is 24.3 Å². The van der Waals surface area contributed by atoms with Crippen molar-refractivity contribution in [3.8, 4) is 17.2 Å². The molecular weight excluding hydrogens is 543 g/mol. The highest BCUT2D eigenvalue weighted by Crippen LogP contribution is 2.25. The summed E-state index contributed by atoms with van der Waals surface area (Å²) < 4.78 is 27.3. The van der Waals surface area contributed by atoms with Crippen LogP contribution in [0.5, 0.6) is 5.75 Å². The van der Waals surface area contributed by atoms with Gasteiger partial charge in [-0.05, 0) is 38.4 Å². The molecule has 0 aliphatic carbocycles. The van der Waals surface area contributed by atoms with Crippen LogP contribution in [-0.2, 0) is 4.79 Å². The number of hydrogen-bond donors (Lipinski definition) is 2. The minimum absolute atomic E-state index is 0.153. The molecule has 14 heteroatoms. The van der Waals surface area contributed by atoms with E-state index in [0.29, 0.717) is 60.7 Å². The topological polar surface area (TPSA) is 134 Å². The van der Waals surface area contributed by atoms with Gasteiger partial charge in [0, 0.05) is 71.5 Å². The second-order valence-corrected chi connectivity index (χ2v) is 10.5. The van der Waals surface area contributed by atoms with E-state index < -0.39 is 0 Å². The lowest BCUT2D eigenvalue weighted by atomic mass is 10.2. The first-order valence-electron chi connectivity index (χ1n) is 13.9. The van der Waals surface area contributed by atoms with Crippen molar-refractivity contribution in [3.05, 3.63) is 48.5 Å². The Morgan fingerprint density at radius 1 is 1.12 bits per heavy atom. The van der Waals surface area contributed by atoms with Gasteiger partial charge in [-0.2, -0.15) is 19.6 Å². The Morgan fingerprint density at radius 3 is 2.64 bits per heavy atom. The summed E-state index contributed by atoms with van der Waals surface area (Å²) in [4.78, 5) is 29.3. The number of aromatic nitrogens is 4. The van der Waals surface area contributed by atoms with Gasteiger partial charge >= 0.3 is 0 Å². The van der Waals surface area contributed by atoms with E-state index in [4.69, 9.17) is 14.9 Å². The van der Waals surface area contributed by atoms with E-state index in [2.05, 4.69) is 25.3 Å². The summed E-state index contributed by atoms with van der Waals surface area (Å²) in [7, 11) is 5.79. The molecule has 4 heterocycles. The predicted octanol–water partition coefficient (Wildman–Crippen LogP) is 1.42. The highest BCUT2D eigenvalue weighted by molar-refractivity contribution is 5.77. The Kier molecular flexibility index (Phi) is 9.03. The molecule has 0 bridgehead atoms. The third-order valence-corrected chi connectivity index (χ3v) is 7.09. The zero-order valence-corrected chi connectivity index (χ0v) is 24.2. The van der Waals surface area contributed by atoms with Crippen molar-refractivity contribution in [1.82, 2.24) is 34.7 Å². The monoisotopic (exact) mass is 580 g/mol. The predicted molar refractivity (Wildman–Crippen MR) is 158 cm³/mol. The Bertz CT molecular complexity index is 1480. The van der Waals surface area contributed by atoms with E-state index in [9.17, 15) is 9.18 Å². The van der Waals surface area contributed by atoms with E-state index in [1.807, 2.05) is 48.0 Å². The number of carbonyl (C=O) groups is 1. The number of ether oxygens (including phenoxy) is 1. The van der Waals surface area contributed by atoms with Gasteiger partial charge < -0.3 is 34.9 Å². The molecule has 224 valence electrons. The van der Waals surface area contributed by atoms with Crippen LogP contribution in [0, 0.1) is 5.82 Å². The third kappa shape index (κ3) is 7.06. The number of halogens is 1. The number of nitrogens with zero attached hydrogens (tertiary/aromatic N) is 8. The number of anilines is 3. The number of nitrogens with one attached hydrogen (secondary N) is 1. The maximum Gasteiger partial charge on any atom is 0.257 e. The highest BCUT2D eigenvalue weighted by atomic mass is 19.1. The quantitative estimate of drug-likeness (QED) is 0.252. The summed E-state index contributed by atoms with van der Waals surface area (Å²) in [6.07, 6.45) is 1.59. The van der Waals surface area contributed by atoms with E-state index in [1.165, 1.54) is 10.6 Å². The summed E-state index contributed by atoms with van der Waals surface area (Å²) in [6.45, 7) is 5.55. The normalized spacial score (nSPS) is 14.1. The molecule has 1 aliphatic heterocycles. The molecule has 13 nitrogen and oxygen atoms in total. The fourth-order valence-electron chi connectivity index (χ4n) is 4.67. The van der Waals surface area contributed by atoms with Crippen molar-refractivity contribution in [1.29, 1.82) is 0 Å². The fraction of sp³-hybridized carbons (Fsp3) is 0.429. The lowest BCUT2D eigenvalue weighted by Gasteiger charge is -2.36. The van der Waals surface area contributed by atoms with Gasteiger partial charge in [0.2, 0.25) is 11.9 Å². The van der Waals surface area contributed by atoms with E-state index in [1.54, 1.807) is 24.5 Å². The van der Waals surface area contributed by atoms with E-state index in [0.717, 1.165) is 26.2 Å². The van der Waals surface area contributed by atoms with Crippen molar-refractivity contribution in [2.45, 2.75) is 0 Å². The van der Waals surface area contributed by atoms with Crippen LogP contribution >= 0.6 is 0 Å². The summed E-state index contributed by atoms with van der Waals surface area (Å²) in [5.74, 6) is 1.12. The van der Waals surface area contributed by atoms with Crippen LogP contribution in [0.4, 0.5) is 22.0 Å². The van der Waals surface area contributed by atoms with Crippen molar-refractivity contribution in [2.24, 2.45) is 0 Å². The summed E-state index contributed by atoms with van der Waals surface area (Å²) in [5.41, 5.74) is 7.92. The van der Waals surface area contributed by atoms with Crippen molar-refractivity contribution in [3.63, 3.8) is 0 Å². The Hall–Kier alpha value is -4.43. The van der Waals surface area contributed by atoms with Crippen LogP contribution in [0.15, 0.2) is 47.1 Å². The molecule has 1 aliphatic rings. The number of nitrogen functional groups attached to an aromatic ring is 1. The number of carbonyl (C=O) groups excluding carboxylic acids is 1. The number of benzene rings is 1. The lowest BCUT2D eigenvalue weighted by Crippen LogP contribution is -2.48. The SMILES string of the molecule is CN(C)CCNC(=O)COc1ccc(N2CCN(CCN(C)c3nc(N)n4nc(-c5ccco5)cc4n3)CC2)c(F)c1. The first kappa shape index (κ1) is 29.1. The molecule has 42 heavy (non-hydrogen) atoms. The van der Waals surface area contributed by atoms with Crippen LogP contribution in [0.3, 0.4) is 0 Å². The van der Waals surface area contributed by atoms with Gasteiger partial charge in [-0.3, -0.25) is 9.69 Å². The molecule has 3 aromatic heterocycles. The van der Waals surface area contributed by atoms with Crippen LogP contribution in [-0.4, -0.2) is 115 Å². The summed E-state index contributed by atoms with van der Waals surface area (Å²) in [6, 6.07) is 10.2. The average Bonchev–Trinajstić information content (AvgIpc) is 3.66.